The minimum Gasteiger partial charge on any atom is -0.248 e. The molecule has 1 nitrogen and oxygen atoms in total. The Bertz CT molecular complexity index is 2100. The lowest BCUT2D eigenvalue weighted by molar-refractivity contribution is 1.33. The highest BCUT2D eigenvalue weighted by molar-refractivity contribution is 7.26. The number of rotatable bonds is 3. The first-order valence-corrected chi connectivity index (χ1v) is 14.0. The monoisotopic (exact) mass is 513 g/mol. The summed E-state index contributed by atoms with van der Waals surface area (Å²) in [6.45, 7) is 0. The lowest BCUT2D eigenvalue weighted by atomic mass is 9.92. The first-order valence-electron chi connectivity index (χ1n) is 13.2. The average Bonchev–Trinajstić information content (AvgIpc) is 3.40. The van der Waals surface area contributed by atoms with E-state index in [9.17, 15) is 0 Å². The second-order valence-electron chi connectivity index (χ2n) is 9.96. The van der Waals surface area contributed by atoms with Gasteiger partial charge in [-0.3, -0.25) is 0 Å². The van der Waals surface area contributed by atoms with Crippen molar-refractivity contribution in [1.82, 2.24) is 4.98 Å². The summed E-state index contributed by atoms with van der Waals surface area (Å²) in [7, 11) is 0. The molecule has 0 spiro atoms. The van der Waals surface area contributed by atoms with Crippen LogP contribution < -0.4 is 0 Å². The molecule has 0 unspecified atom stereocenters. The Labute approximate surface area is 230 Å². The quantitative estimate of drug-likeness (QED) is 0.214. The molecule has 0 saturated heterocycles. The normalized spacial score (nSPS) is 11.6. The smallest absolute Gasteiger partial charge is 0.0722 e. The van der Waals surface area contributed by atoms with Crippen LogP contribution in [-0.2, 0) is 0 Å². The Balaban J connectivity index is 1.47. The van der Waals surface area contributed by atoms with Gasteiger partial charge in [0.25, 0.3) is 0 Å². The predicted molar refractivity (Wildman–Crippen MR) is 168 cm³/mol. The molecular weight excluding hydrogens is 490 g/mol. The summed E-state index contributed by atoms with van der Waals surface area (Å²) in [5, 5.41) is 7.75. The van der Waals surface area contributed by atoms with E-state index in [4.69, 9.17) is 4.98 Å². The molecule has 0 aliphatic rings. The Hall–Kier alpha value is -4.79. The third kappa shape index (κ3) is 3.64. The SMILES string of the molecule is c1ccc(-c2cc(-c3ccccc3)nc(-c3cc4ccc5sc6ccccc6c5c4c4ccccc34)c2)cc1. The first-order chi connectivity index (χ1) is 19.3. The van der Waals surface area contributed by atoms with Gasteiger partial charge in [-0.05, 0) is 63.0 Å². The zero-order chi connectivity index (χ0) is 25.8. The highest BCUT2D eigenvalue weighted by Crippen LogP contribution is 2.44. The largest absolute Gasteiger partial charge is 0.248 e. The van der Waals surface area contributed by atoms with Crippen molar-refractivity contribution in [3.05, 3.63) is 140 Å². The molecule has 2 heteroatoms. The Morgan fingerprint density at radius 2 is 1.05 bits per heavy atom. The van der Waals surface area contributed by atoms with E-state index < -0.39 is 0 Å². The maximum atomic E-state index is 5.26. The number of hydrogen-bond donors (Lipinski definition) is 0. The van der Waals surface area contributed by atoms with E-state index in [-0.39, 0.29) is 0 Å². The number of hydrogen-bond acceptors (Lipinski definition) is 2. The maximum Gasteiger partial charge on any atom is 0.0722 e. The maximum absolute atomic E-state index is 5.26. The van der Waals surface area contributed by atoms with E-state index in [1.807, 2.05) is 11.3 Å². The van der Waals surface area contributed by atoms with Gasteiger partial charge in [-0.15, -0.1) is 11.3 Å². The van der Waals surface area contributed by atoms with Crippen molar-refractivity contribution in [1.29, 1.82) is 0 Å². The molecule has 2 aromatic heterocycles. The van der Waals surface area contributed by atoms with Crippen molar-refractivity contribution >= 4 is 53.1 Å². The third-order valence-corrected chi connectivity index (χ3v) is 8.78. The van der Waals surface area contributed by atoms with Gasteiger partial charge in [0.15, 0.2) is 0 Å². The standard InChI is InChI=1S/C37H23NS/c1-3-11-24(12-4-1)27-22-32(25-13-5-2-6-14-25)38-33(23-27)31-21-26-19-20-35-37(30-17-9-10-18-34(30)39-35)36(26)29-16-8-7-15-28(29)31/h1-23H. The van der Waals surface area contributed by atoms with Gasteiger partial charge in [0.2, 0.25) is 0 Å². The van der Waals surface area contributed by atoms with E-state index in [1.165, 1.54) is 52.8 Å². The lowest BCUT2D eigenvalue weighted by Crippen LogP contribution is -1.93. The van der Waals surface area contributed by atoms with Crippen LogP contribution in [0.4, 0.5) is 0 Å². The molecule has 182 valence electrons. The summed E-state index contributed by atoms with van der Waals surface area (Å²) in [5.41, 5.74) is 6.61. The van der Waals surface area contributed by atoms with Gasteiger partial charge in [-0.2, -0.15) is 0 Å². The molecule has 8 aromatic rings. The Morgan fingerprint density at radius 1 is 0.410 bits per heavy atom. The van der Waals surface area contributed by atoms with Crippen LogP contribution in [0.15, 0.2) is 140 Å². The van der Waals surface area contributed by atoms with Crippen LogP contribution in [0.1, 0.15) is 0 Å². The molecule has 2 heterocycles. The summed E-state index contributed by atoms with van der Waals surface area (Å²) < 4.78 is 2.66. The van der Waals surface area contributed by atoms with Crippen LogP contribution in [0.2, 0.25) is 0 Å². The van der Waals surface area contributed by atoms with E-state index >= 15 is 0 Å². The molecule has 6 aromatic carbocycles. The number of thiophene rings is 1. The molecule has 0 aliphatic carbocycles. The Morgan fingerprint density at radius 3 is 1.85 bits per heavy atom. The van der Waals surface area contributed by atoms with Gasteiger partial charge >= 0.3 is 0 Å². The fourth-order valence-corrected chi connectivity index (χ4v) is 6.96. The summed E-state index contributed by atoms with van der Waals surface area (Å²) in [6, 6.07) is 50.0. The van der Waals surface area contributed by atoms with Crippen LogP contribution in [0.5, 0.6) is 0 Å². The molecule has 0 atom stereocenters. The van der Waals surface area contributed by atoms with Crippen molar-refractivity contribution < 1.29 is 0 Å². The Kier molecular flexibility index (Phi) is 5.07. The summed E-state index contributed by atoms with van der Waals surface area (Å²) in [6.07, 6.45) is 0. The van der Waals surface area contributed by atoms with Crippen LogP contribution >= 0.6 is 11.3 Å². The number of fused-ring (bicyclic) bond motifs is 7. The molecule has 0 aliphatic heterocycles. The second kappa shape index (κ2) is 8.90. The molecule has 0 bridgehead atoms. The van der Waals surface area contributed by atoms with E-state index in [1.54, 1.807) is 0 Å². The van der Waals surface area contributed by atoms with Crippen LogP contribution in [0, 0.1) is 0 Å². The van der Waals surface area contributed by atoms with Crippen molar-refractivity contribution in [3.63, 3.8) is 0 Å². The zero-order valence-corrected chi connectivity index (χ0v) is 22.0. The molecule has 8 rings (SSSR count). The molecular formula is C37H23NS. The van der Waals surface area contributed by atoms with Gasteiger partial charge < -0.3 is 0 Å². The van der Waals surface area contributed by atoms with Gasteiger partial charge in [-0.1, -0.05) is 109 Å². The molecule has 0 amide bonds. The number of nitrogens with zero attached hydrogens (tertiary/aromatic N) is 1. The third-order valence-electron chi connectivity index (χ3n) is 7.64. The van der Waals surface area contributed by atoms with Crippen LogP contribution in [0.25, 0.3) is 75.4 Å². The van der Waals surface area contributed by atoms with Crippen LogP contribution in [-0.4, -0.2) is 4.98 Å². The van der Waals surface area contributed by atoms with Crippen molar-refractivity contribution in [2.24, 2.45) is 0 Å². The topological polar surface area (TPSA) is 12.9 Å². The predicted octanol–water partition coefficient (Wildman–Crippen LogP) is 10.8. The number of aromatic nitrogens is 1. The summed E-state index contributed by atoms with van der Waals surface area (Å²) >= 11 is 1.87. The molecule has 0 radical (unpaired) electrons. The first kappa shape index (κ1) is 22.2. The highest BCUT2D eigenvalue weighted by atomic mass is 32.1. The van der Waals surface area contributed by atoms with Gasteiger partial charge in [-0.25, -0.2) is 4.98 Å². The number of pyridine rings is 1. The zero-order valence-electron chi connectivity index (χ0n) is 21.1. The van der Waals surface area contributed by atoms with Crippen molar-refractivity contribution in [2.45, 2.75) is 0 Å². The van der Waals surface area contributed by atoms with E-state index in [0.717, 1.165) is 22.5 Å². The van der Waals surface area contributed by atoms with Gasteiger partial charge in [0.1, 0.15) is 0 Å². The number of benzene rings is 6. The van der Waals surface area contributed by atoms with Gasteiger partial charge in [0, 0.05) is 31.3 Å². The van der Waals surface area contributed by atoms with Crippen molar-refractivity contribution in [3.8, 4) is 33.6 Å². The second-order valence-corrected chi connectivity index (χ2v) is 11.0. The highest BCUT2D eigenvalue weighted by Gasteiger charge is 2.16. The molecule has 0 N–H and O–H groups in total. The summed E-state index contributed by atoms with van der Waals surface area (Å²) in [4.78, 5) is 5.26. The minimum atomic E-state index is 0.982. The molecule has 0 fully saturated rings. The van der Waals surface area contributed by atoms with E-state index in [2.05, 4.69) is 140 Å². The van der Waals surface area contributed by atoms with Crippen molar-refractivity contribution in [2.75, 3.05) is 0 Å². The lowest BCUT2D eigenvalue weighted by Gasteiger charge is -2.14. The minimum absolute atomic E-state index is 0.982. The van der Waals surface area contributed by atoms with Crippen LogP contribution in [0.3, 0.4) is 0 Å². The fraction of sp³-hybridized carbons (Fsp3) is 0. The molecule has 39 heavy (non-hydrogen) atoms. The summed E-state index contributed by atoms with van der Waals surface area (Å²) in [5.74, 6) is 0. The fourth-order valence-electron chi connectivity index (χ4n) is 5.85. The van der Waals surface area contributed by atoms with Gasteiger partial charge in [0.05, 0.1) is 11.4 Å². The average molecular weight is 514 g/mol. The van der Waals surface area contributed by atoms with E-state index in [0.29, 0.717) is 0 Å². The molecule has 0 saturated carbocycles.